The SMILES string of the molecule is C=C(C)CCCCCCCCCCCCCCCCCCCCCCC.CC.CC.CC.CC.CCCCCCC(O)CCOC1CCC(O)N(C)C1. The molecule has 1 rings (SSSR count). The van der Waals surface area contributed by atoms with E-state index < -0.39 is 0 Å². The van der Waals surface area contributed by atoms with E-state index >= 15 is 0 Å². The molecule has 326 valence electrons. The quantitative estimate of drug-likeness (QED) is 0.0546. The van der Waals surface area contributed by atoms with Crippen LogP contribution in [-0.4, -0.2) is 53.7 Å². The van der Waals surface area contributed by atoms with Crippen molar-refractivity contribution in [2.45, 2.75) is 287 Å². The Morgan fingerprint density at radius 3 is 1.25 bits per heavy atom. The van der Waals surface area contributed by atoms with E-state index in [4.69, 9.17) is 4.74 Å². The average molecular weight is 758 g/mol. The summed E-state index contributed by atoms with van der Waals surface area (Å²) in [6, 6.07) is 0. The molecule has 0 radical (unpaired) electrons. The summed E-state index contributed by atoms with van der Waals surface area (Å²) in [7, 11) is 1.92. The van der Waals surface area contributed by atoms with Gasteiger partial charge in [-0.1, -0.05) is 229 Å². The Morgan fingerprint density at radius 1 is 0.566 bits per heavy atom. The number of hydrogen-bond acceptors (Lipinski definition) is 4. The van der Waals surface area contributed by atoms with E-state index in [2.05, 4.69) is 27.4 Å². The van der Waals surface area contributed by atoms with Crippen LogP contribution in [0.2, 0.25) is 0 Å². The normalized spacial score (nSPS) is 15.4. The number of hydrogen-bond donors (Lipinski definition) is 2. The standard InChI is InChI=1S/C26H52.C15H31NO3.4C2H6/c1-4-5-6-7-8-9-10-11-12-13-14-15-16-17-18-19-20-21-22-23-24-25-26(2)3;1-3-4-5-6-7-13(17)10-11-19-14-8-9-15(18)16(2)12-14;4*1-2/h2,4-25H2,1,3H3;13-15,17-18H,3-12H2,1-2H3;4*1-2H3. The molecule has 0 spiro atoms. The first kappa shape index (κ1) is 61.8. The molecule has 1 saturated heterocycles. The molecule has 2 N–H and O–H groups in total. The van der Waals surface area contributed by atoms with E-state index in [9.17, 15) is 10.2 Å². The summed E-state index contributed by atoms with van der Waals surface area (Å²) < 4.78 is 5.79. The number of likely N-dealkylation sites (N-methyl/N-ethyl adjacent to an activating group) is 1. The van der Waals surface area contributed by atoms with Gasteiger partial charge < -0.3 is 14.9 Å². The van der Waals surface area contributed by atoms with Crippen molar-refractivity contribution in [1.82, 2.24) is 4.90 Å². The van der Waals surface area contributed by atoms with Gasteiger partial charge in [-0.05, 0) is 52.5 Å². The van der Waals surface area contributed by atoms with Crippen molar-refractivity contribution in [2.24, 2.45) is 0 Å². The molecular formula is C49H107NO3. The molecule has 0 saturated carbocycles. The van der Waals surface area contributed by atoms with Crippen LogP contribution in [0.25, 0.3) is 0 Å². The fraction of sp³-hybridized carbons (Fsp3) is 0.959. The van der Waals surface area contributed by atoms with Crippen molar-refractivity contribution in [3.8, 4) is 0 Å². The molecule has 1 fully saturated rings. The van der Waals surface area contributed by atoms with Gasteiger partial charge in [0.05, 0.1) is 12.2 Å². The number of likely N-dealkylation sites (tertiary alicyclic amines) is 1. The van der Waals surface area contributed by atoms with Gasteiger partial charge in [0.25, 0.3) is 0 Å². The molecular weight excluding hydrogens is 651 g/mol. The third-order valence-corrected chi connectivity index (χ3v) is 9.65. The predicted octanol–water partition coefficient (Wildman–Crippen LogP) is 16.4. The van der Waals surface area contributed by atoms with E-state index in [-0.39, 0.29) is 18.4 Å². The third kappa shape index (κ3) is 56.0. The maximum absolute atomic E-state index is 9.84. The second-order valence-corrected chi connectivity index (χ2v) is 14.6. The Morgan fingerprint density at radius 2 is 0.906 bits per heavy atom. The van der Waals surface area contributed by atoms with Gasteiger partial charge in [-0.25, -0.2) is 0 Å². The fourth-order valence-electron chi connectivity index (χ4n) is 6.41. The van der Waals surface area contributed by atoms with Crippen LogP contribution in [0.4, 0.5) is 0 Å². The molecule has 3 atom stereocenters. The van der Waals surface area contributed by atoms with Gasteiger partial charge in [0, 0.05) is 13.2 Å². The smallest absolute Gasteiger partial charge is 0.107 e. The molecule has 0 bridgehead atoms. The van der Waals surface area contributed by atoms with Gasteiger partial charge in [0.2, 0.25) is 0 Å². The molecule has 0 aromatic carbocycles. The van der Waals surface area contributed by atoms with Gasteiger partial charge in [-0.3, -0.25) is 4.90 Å². The second kappa shape index (κ2) is 58.3. The number of ether oxygens (including phenoxy) is 1. The molecule has 4 heteroatoms. The zero-order valence-corrected chi connectivity index (χ0v) is 39.3. The van der Waals surface area contributed by atoms with Gasteiger partial charge >= 0.3 is 0 Å². The van der Waals surface area contributed by atoms with E-state index in [0.29, 0.717) is 6.61 Å². The average Bonchev–Trinajstić information content (AvgIpc) is 3.19. The zero-order chi connectivity index (χ0) is 41.2. The first-order chi connectivity index (χ1) is 25.9. The Kier molecular flexibility index (Phi) is 68.0. The van der Waals surface area contributed by atoms with Crippen molar-refractivity contribution >= 4 is 0 Å². The maximum Gasteiger partial charge on any atom is 0.107 e. The minimum Gasteiger partial charge on any atom is -0.393 e. The third-order valence-electron chi connectivity index (χ3n) is 9.65. The van der Waals surface area contributed by atoms with Crippen molar-refractivity contribution in [2.75, 3.05) is 20.2 Å². The zero-order valence-electron chi connectivity index (χ0n) is 39.3. The summed E-state index contributed by atoms with van der Waals surface area (Å²) in [5.74, 6) is 0. The minimum absolute atomic E-state index is 0.209. The van der Waals surface area contributed by atoms with Crippen LogP contribution in [0.3, 0.4) is 0 Å². The molecule has 53 heavy (non-hydrogen) atoms. The lowest BCUT2D eigenvalue weighted by Crippen LogP contribution is -2.44. The molecule has 4 nitrogen and oxygen atoms in total. The maximum atomic E-state index is 9.84. The number of unbranched alkanes of at least 4 members (excludes halogenated alkanes) is 23. The predicted molar refractivity (Wildman–Crippen MR) is 244 cm³/mol. The Labute approximate surface area is 338 Å². The molecule has 1 heterocycles. The summed E-state index contributed by atoms with van der Waals surface area (Å²) in [4.78, 5) is 1.93. The summed E-state index contributed by atoms with van der Waals surface area (Å²) >= 11 is 0. The van der Waals surface area contributed by atoms with E-state index in [1.165, 1.54) is 166 Å². The Bertz CT molecular complexity index is 598. The highest BCUT2D eigenvalue weighted by Gasteiger charge is 2.24. The van der Waals surface area contributed by atoms with E-state index in [1.807, 2.05) is 67.3 Å². The van der Waals surface area contributed by atoms with E-state index in [1.54, 1.807) is 0 Å². The van der Waals surface area contributed by atoms with Crippen LogP contribution in [0, 0.1) is 0 Å². The van der Waals surface area contributed by atoms with Crippen LogP contribution in [0.1, 0.15) is 269 Å². The number of piperidine rings is 1. The van der Waals surface area contributed by atoms with Crippen LogP contribution < -0.4 is 0 Å². The second-order valence-electron chi connectivity index (χ2n) is 14.6. The van der Waals surface area contributed by atoms with Crippen LogP contribution >= 0.6 is 0 Å². The lowest BCUT2D eigenvalue weighted by molar-refractivity contribution is -0.0785. The van der Waals surface area contributed by atoms with Gasteiger partial charge in [-0.15, -0.1) is 6.58 Å². The number of nitrogens with zero attached hydrogens (tertiary/aromatic N) is 1. The molecule has 0 amide bonds. The summed E-state index contributed by atoms with van der Waals surface area (Å²) in [6.07, 6.45) is 39.7. The van der Waals surface area contributed by atoms with Crippen molar-refractivity contribution in [3.63, 3.8) is 0 Å². The lowest BCUT2D eigenvalue weighted by Gasteiger charge is -2.34. The number of allylic oxidation sites excluding steroid dienone is 1. The minimum atomic E-state index is -0.316. The van der Waals surface area contributed by atoms with Crippen molar-refractivity contribution < 1.29 is 14.9 Å². The molecule has 0 aliphatic carbocycles. The lowest BCUT2D eigenvalue weighted by atomic mass is 10.0. The number of aliphatic hydroxyl groups excluding tert-OH is 2. The monoisotopic (exact) mass is 758 g/mol. The van der Waals surface area contributed by atoms with Crippen LogP contribution in [0.5, 0.6) is 0 Å². The summed E-state index contributed by atoms with van der Waals surface area (Å²) in [6.45, 7) is 28.0. The molecule has 0 aromatic rings. The summed E-state index contributed by atoms with van der Waals surface area (Å²) in [5, 5.41) is 19.4. The Balaban J connectivity index is -0.000000250. The van der Waals surface area contributed by atoms with Crippen LogP contribution in [-0.2, 0) is 4.74 Å². The highest BCUT2D eigenvalue weighted by molar-refractivity contribution is 4.87. The fourth-order valence-corrected chi connectivity index (χ4v) is 6.41. The summed E-state index contributed by atoms with van der Waals surface area (Å²) in [5.41, 5.74) is 1.35. The van der Waals surface area contributed by atoms with Gasteiger partial charge in [-0.2, -0.15) is 0 Å². The topological polar surface area (TPSA) is 52.9 Å². The first-order valence-corrected chi connectivity index (χ1v) is 24.2. The van der Waals surface area contributed by atoms with Crippen molar-refractivity contribution in [1.29, 1.82) is 0 Å². The molecule has 3 unspecified atom stereocenters. The number of aliphatic hydroxyl groups is 2. The highest BCUT2D eigenvalue weighted by atomic mass is 16.5. The van der Waals surface area contributed by atoms with Crippen molar-refractivity contribution in [3.05, 3.63) is 12.2 Å². The molecule has 0 aromatic heterocycles. The van der Waals surface area contributed by atoms with Gasteiger partial charge in [0.1, 0.15) is 6.23 Å². The molecule has 1 aliphatic heterocycles. The largest absolute Gasteiger partial charge is 0.393 e. The number of rotatable bonds is 31. The Hall–Kier alpha value is -0.420. The van der Waals surface area contributed by atoms with Gasteiger partial charge in [0.15, 0.2) is 0 Å². The van der Waals surface area contributed by atoms with Crippen LogP contribution in [0.15, 0.2) is 12.2 Å². The molecule has 1 aliphatic rings. The highest BCUT2D eigenvalue weighted by Crippen LogP contribution is 2.18. The van der Waals surface area contributed by atoms with E-state index in [0.717, 1.165) is 38.6 Å². The first-order valence-electron chi connectivity index (χ1n) is 24.2.